The molecule has 0 fully saturated rings. The minimum atomic E-state index is -3.59. The summed E-state index contributed by atoms with van der Waals surface area (Å²) in [4.78, 5) is 24.9. The second-order valence-electron chi connectivity index (χ2n) is 7.16. The molecule has 0 bridgehead atoms. The second-order valence-corrected chi connectivity index (χ2v) is 10.1. The molecule has 0 saturated heterocycles. The van der Waals surface area contributed by atoms with E-state index < -0.39 is 22.0 Å². The van der Waals surface area contributed by atoms with Crippen LogP contribution in [-0.4, -0.2) is 37.8 Å². The van der Waals surface area contributed by atoms with E-state index in [1.165, 1.54) is 4.31 Å². The maximum absolute atomic E-state index is 12.9. The van der Waals surface area contributed by atoms with E-state index >= 15 is 0 Å². The first-order valence-corrected chi connectivity index (χ1v) is 12.0. The molecule has 3 aromatic rings. The van der Waals surface area contributed by atoms with Crippen molar-refractivity contribution in [2.45, 2.75) is 26.5 Å². The van der Waals surface area contributed by atoms with Crippen LogP contribution in [0.5, 0.6) is 5.75 Å². The number of carbonyl (C=O) groups is 1. The topological polar surface area (TPSA) is 97.7 Å². The highest BCUT2D eigenvalue weighted by molar-refractivity contribution is 7.92. The van der Waals surface area contributed by atoms with E-state index in [0.29, 0.717) is 23.7 Å². The first-order valence-electron chi connectivity index (χ1n) is 9.36. The van der Waals surface area contributed by atoms with Gasteiger partial charge in [-0.05, 0) is 49.7 Å². The SMILES string of the molecule is CCn1c(=O)sc2cc(NC(=O)[C@H]3CN(S(C)(=O)=O)c4ccc(C)cc4O3)ccc21. The van der Waals surface area contributed by atoms with Crippen molar-refractivity contribution < 1.29 is 17.9 Å². The Bertz CT molecular complexity index is 1310. The number of fused-ring (bicyclic) bond motifs is 2. The molecule has 0 aliphatic carbocycles. The zero-order valence-electron chi connectivity index (χ0n) is 16.7. The van der Waals surface area contributed by atoms with Crippen LogP contribution in [0.3, 0.4) is 0 Å². The number of aryl methyl sites for hydroxylation is 2. The van der Waals surface area contributed by atoms with Crippen molar-refractivity contribution in [2.24, 2.45) is 0 Å². The van der Waals surface area contributed by atoms with Crippen LogP contribution in [0.2, 0.25) is 0 Å². The maximum atomic E-state index is 12.9. The lowest BCUT2D eigenvalue weighted by Crippen LogP contribution is -2.48. The Morgan fingerprint density at radius 1 is 1.27 bits per heavy atom. The molecule has 30 heavy (non-hydrogen) atoms. The van der Waals surface area contributed by atoms with Gasteiger partial charge < -0.3 is 10.1 Å². The Balaban J connectivity index is 1.62. The Labute approximate surface area is 177 Å². The minimum absolute atomic E-state index is 0.0534. The molecular formula is C20H21N3O5S2. The van der Waals surface area contributed by atoms with Gasteiger partial charge in [0, 0.05) is 12.2 Å². The summed E-state index contributed by atoms with van der Waals surface area (Å²) in [6.45, 7) is 4.21. The lowest BCUT2D eigenvalue weighted by atomic mass is 10.1. The lowest BCUT2D eigenvalue weighted by Gasteiger charge is -2.34. The van der Waals surface area contributed by atoms with Crippen molar-refractivity contribution in [1.82, 2.24) is 4.57 Å². The first kappa shape index (κ1) is 20.4. The van der Waals surface area contributed by atoms with Gasteiger partial charge in [-0.2, -0.15) is 0 Å². The molecule has 0 radical (unpaired) electrons. The molecule has 2 aromatic carbocycles. The van der Waals surface area contributed by atoms with Crippen LogP contribution in [0.4, 0.5) is 11.4 Å². The van der Waals surface area contributed by atoms with Gasteiger partial charge in [-0.25, -0.2) is 8.42 Å². The molecule has 0 saturated carbocycles. The number of thiazole rings is 1. The zero-order valence-corrected chi connectivity index (χ0v) is 18.3. The number of anilines is 2. The fourth-order valence-corrected chi connectivity index (χ4v) is 5.39. The third-order valence-corrected chi connectivity index (χ3v) is 7.02. The third-order valence-electron chi connectivity index (χ3n) is 4.93. The summed E-state index contributed by atoms with van der Waals surface area (Å²) < 4.78 is 34.0. The predicted octanol–water partition coefficient (Wildman–Crippen LogP) is 2.56. The smallest absolute Gasteiger partial charge is 0.308 e. The number of nitrogens with zero attached hydrogens (tertiary/aromatic N) is 2. The van der Waals surface area contributed by atoms with E-state index in [-0.39, 0.29) is 11.4 Å². The molecule has 0 unspecified atom stereocenters. The predicted molar refractivity (Wildman–Crippen MR) is 118 cm³/mol. The Hall–Kier alpha value is -2.85. The summed E-state index contributed by atoms with van der Waals surface area (Å²) in [5.74, 6) is -0.113. The molecule has 0 spiro atoms. The molecule has 8 nitrogen and oxygen atoms in total. The largest absolute Gasteiger partial charge is 0.476 e. The number of hydrogen-bond acceptors (Lipinski definition) is 6. The fraction of sp³-hybridized carbons (Fsp3) is 0.300. The molecule has 4 rings (SSSR count). The van der Waals surface area contributed by atoms with Gasteiger partial charge in [-0.1, -0.05) is 17.4 Å². The highest BCUT2D eigenvalue weighted by Gasteiger charge is 2.35. The molecule has 2 heterocycles. The normalized spacial score (nSPS) is 16.2. The monoisotopic (exact) mass is 447 g/mol. The van der Waals surface area contributed by atoms with Gasteiger partial charge in [0.2, 0.25) is 10.0 Å². The summed E-state index contributed by atoms with van der Waals surface area (Å²) in [5.41, 5.74) is 2.64. The average Bonchev–Trinajstić information content (AvgIpc) is 3.00. The van der Waals surface area contributed by atoms with Gasteiger partial charge in [-0.15, -0.1) is 0 Å². The molecular weight excluding hydrogens is 426 g/mol. The van der Waals surface area contributed by atoms with Gasteiger partial charge in [0.15, 0.2) is 6.10 Å². The van der Waals surface area contributed by atoms with Crippen LogP contribution in [-0.2, 0) is 21.4 Å². The number of aromatic nitrogens is 1. The number of nitrogens with one attached hydrogen (secondary N) is 1. The van der Waals surface area contributed by atoms with Gasteiger partial charge in [0.1, 0.15) is 5.75 Å². The Morgan fingerprint density at radius 2 is 2.03 bits per heavy atom. The fourth-order valence-electron chi connectivity index (χ4n) is 3.48. The highest BCUT2D eigenvalue weighted by atomic mass is 32.2. The van der Waals surface area contributed by atoms with Gasteiger partial charge in [0.05, 0.1) is 28.7 Å². The number of amides is 1. The van der Waals surface area contributed by atoms with Crippen molar-refractivity contribution >= 4 is 48.9 Å². The highest BCUT2D eigenvalue weighted by Crippen LogP contribution is 2.36. The molecule has 1 atom stereocenters. The maximum Gasteiger partial charge on any atom is 0.308 e. The molecule has 1 aromatic heterocycles. The summed E-state index contributed by atoms with van der Waals surface area (Å²) in [5, 5.41) is 2.78. The number of ether oxygens (including phenoxy) is 1. The van der Waals surface area contributed by atoms with Crippen LogP contribution in [0.25, 0.3) is 10.2 Å². The van der Waals surface area contributed by atoms with Crippen molar-refractivity contribution in [2.75, 3.05) is 22.4 Å². The quantitative estimate of drug-likeness (QED) is 0.663. The van der Waals surface area contributed by atoms with Gasteiger partial charge >= 0.3 is 4.87 Å². The van der Waals surface area contributed by atoms with Crippen molar-refractivity contribution in [3.05, 3.63) is 51.6 Å². The van der Waals surface area contributed by atoms with E-state index in [1.54, 1.807) is 41.0 Å². The van der Waals surface area contributed by atoms with E-state index in [1.807, 2.05) is 13.8 Å². The first-order chi connectivity index (χ1) is 14.2. The van der Waals surface area contributed by atoms with Crippen molar-refractivity contribution in [1.29, 1.82) is 0 Å². The van der Waals surface area contributed by atoms with E-state index in [2.05, 4.69) is 5.32 Å². The summed E-state index contributed by atoms with van der Waals surface area (Å²) in [6.07, 6.45) is 0.0919. The van der Waals surface area contributed by atoms with E-state index in [9.17, 15) is 18.0 Å². The molecule has 158 valence electrons. The van der Waals surface area contributed by atoms with E-state index in [0.717, 1.165) is 33.4 Å². The summed E-state index contributed by atoms with van der Waals surface area (Å²) in [7, 11) is -3.59. The molecule has 1 aliphatic rings. The molecule has 10 heteroatoms. The summed E-state index contributed by atoms with van der Waals surface area (Å²) in [6, 6.07) is 10.4. The van der Waals surface area contributed by atoms with Crippen molar-refractivity contribution in [3.63, 3.8) is 0 Å². The standard InChI is InChI=1S/C20H21N3O5S2/c1-4-22-15-8-6-13(10-18(15)29-20(22)25)21-19(24)17-11-23(30(3,26)27)14-7-5-12(2)9-16(14)28-17/h5-10,17H,4,11H2,1-3H3,(H,21,24)/t17-/m1/s1. The second kappa shape index (κ2) is 7.44. The van der Waals surface area contributed by atoms with Crippen LogP contribution in [0.1, 0.15) is 12.5 Å². The van der Waals surface area contributed by atoms with Crippen LogP contribution in [0, 0.1) is 6.92 Å². The Morgan fingerprint density at radius 3 is 2.73 bits per heavy atom. The lowest BCUT2D eigenvalue weighted by molar-refractivity contribution is -0.122. The van der Waals surface area contributed by atoms with Crippen LogP contribution < -0.4 is 19.2 Å². The summed E-state index contributed by atoms with van der Waals surface area (Å²) >= 11 is 1.11. The molecule has 1 amide bonds. The molecule has 1 N–H and O–H groups in total. The number of rotatable bonds is 4. The van der Waals surface area contributed by atoms with E-state index in [4.69, 9.17) is 4.74 Å². The van der Waals surface area contributed by atoms with Crippen LogP contribution >= 0.6 is 11.3 Å². The zero-order chi connectivity index (χ0) is 21.6. The van der Waals surface area contributed by atoms with Crippen LogP contribution in [0.15, 0.2) is 41.2 Å². The number of sulfonamides is 1. The number of hydrogen-bond donors (Lipinski definition) is 1. The number of benzene rings is 2. The third kappa shape index (κ3) is 3.68. The Kier molecular flexibility index (Phi) is 5.07. The minimum Gasteiger partial charge on any atom is -0.476 e. The number of carbonyl (C=O) groups excluding carboxylic acids is 1. The average molecular weight is 448 g/mol. The van der Waals surface area contributed by atoms with Crippen molar-refractivity contribution in [3.8, 4) is 5.75 Å². The van der Waals surface area contributed by atoms with Gasteiger partial charge in [-0.3, -0.25) is 18.5 Å². The van der Waals surface area contributed by atoms with Gasteiger partial charge in [0.25, 0.3) is 5.91 Å². The molecule has 1 aliphatic heterocycles.